The van der Waals surface area contributed by atoms with Crippen LogP contribution in [0, 0.1) is 0 Å². The molecule has 1 amide bonds. The summed E-state index contributed by atoms with van der Waals surface area (Å²) in [5.41, 5.74) is -0.252. The minimum absolute atomic E-state index is 0.0189. The van der Waals surface area contributed by atoms with Crippen molar-refractivity contribution in [1.82, 2.24) is 10.3 Å². The van der Waals surface area contributed by atoms with Crippen molar-refractivity contribution in [2.45, 2.75) is 25.6 Å². The lowest BCUT2D eigenvalue weighted by atomic mass is 9.98. The summed E-state index contributed by atoms with van der Waals surface area (Å²) in [7, 11) is 0. The van der Waals surface area contributed by atoms with Gasteiger partial charge in [0, 0.05) is 11.8 Å². The quantitative estimate of drug-likeness (QED) is 0.284. The van der Waals surface area contributed by atoms with E-state index < -0.39 is 29.7 Å². The third-order valence-corrected chi connectivity index (χ3v) is 5.97. The fourth-order valence-corrected chi connectivity index (χ4v) is 4.00. The van der Waals surface area contributed by atoms with Crippen molar-refractivity contribution >= 4 is 28.6 Å². The summed E-state index contributed by atoms with van der Waals surface area (Å²) in [4.78, 5) is 41.9. The van der Waals surface area contributed by atoms with E-state index in [1.54, 1.807) is 6.92 Å². The number of fused-ring (bicyclic) bond motifs is 1. The molecule has 0 spiro atoms. The van der Waals surface area contributed by atoms with Crippen molar-refractivity contribution in [2.24, 2.45) is 0 Å². The molecule has 1 atom stereocenters. The Morgan fingerprint density at radius 3 is 2.26 bits per heavy atom. The van der Waals surface area contributed by atoms with Gasteiger partial charge in [-0.1, -0.05) is 37.3 Å². The predicted octanol–water partition coefficient (Wildman–Crippen LogP) is 5.77. The van der Waals surface area contributed by atoms with Crippen LogP contribution in [0.4, 0.5) is 13.2 Å². The number of carboxylic acids is 1. The van der Waals surface area contributed by atoms with Crippen molar-refractivity contribution < 1.29 is 37.8 Å². The number of carbonyl (C=O) groups excluding carboxylic acids is 2. The second-order valence-electron chi connectivity index (χ2n) is 8.49. The van der Waals surface area contributed by atoms with Crippen molar-refractivity contribution in [3.8, 4) is 16.9 Å². The van der Waals surface area contributed by atoms with Crippen molar-refractivity contribution in [3.05, 3.63) is 95.2 Å². The second kappa shape index (κ2) is 10.3. The van der Waals surface area contributed by atoms with E-state index in [1.165, 1.54) is 54.6 Å². The van der Waals surface area contributed by atoms with Crippen LogP contribution in [0.5, 0.6) is 5.75 Å². The van der Waals surface area contributed by atoms with E-state index in [4.69, 9.17) is 0 Å². The first-order chi connectivity index (χ1) is 18.0. The number of Topliss-reactive ketones (excluding diaryl/α,β-unsaturated/α-hetero) is 1. The summed E-state index contributed by atoms with van der Waals surface area (Å²) in [6.07, 6.45) is -4.43. The highest BCUT2D eigenvalue weighted by molar-refractivity contribution is 6.07. The lowest BCUT2D eigenvalue weighted by Crippen LogP contribution is -2.34. The maximum absolute atomic E-state index is 13.2. The third kappa shape index (κ3) is 5.49. The van der Waals surface area contributed by atoms with Gasteiger partial charge in [-0.15, -0.1) is 0 Å². The first-order valence-electron chi connectivity index (χ1n) is 11.5. The zero-order valence-corrected chi connectivity index (χ0v) is 19.9. The summed E-state index contributed by atoms with van der Waals surface area (Å²) < 4.78 is 39.5. The van der Waals surface area contributed by atoms with Gasteiger partial charge in [-0.25, -0.2) is 9.78 Å². The van der Waals surface area contributed by atoms with Gasteiger partial charge in [0.05, 0.1) is 16.6 Å². The van der Waals surface area contributed by atoms with Crippen molar-refractivity contribution in [3.63, 3.8) is 0 Å². The first kappa shape index (κ1) is 26.3. The van der Waals surface area contributed by atoms with Gasteiger partial charge in [0.2, 0.25) is 0 Å². The number of nitrogens with zero attached hydrogens (tertiary/aromatic N) is 1. The number of phenolic OH excluding ortho intramolecular Hbond substituents is 1. The molecule has 10 heteroatoms. The highest BCUT2D eigenvalue weighted by Gasteiger charge is 2.30. The SMILES string of the molecule is CCC(=O)[C@@H](NC(=O)c1cc(C(=O)O)c2cc(-c3cccc(C(F)(F)F)c3)ccc2n1)c1ccc(O)cc1. The highest BCUT2D eigenvalue weighted by atomic mass is 19.4. The maximum Gasteiger partial charge on any atom is 0.416 e. The molecule has 0 unspecified atom stereocenters. The van der Waals surface area contributed by atoms with E-state index in [-0.39, 0.29) is 45.7 Å². The van der Waals surface area contributed by atoms with Gasteiger partial charge in [-0.05, 0) is 59.2 Å². The fraction of sp³-hybridized carbons (Fsp3) is 0.143. The summed E-state index contributed by atoms with van der Waals surface area (Å²) in [6, 6.07) is 14.7. The Morgan fingerprint density at radius 1 is 0.947 bits per heavy atom. The molecule has 7 nitrogen and oxygen atoms in total. The Labute approximate surface area is 214 Å². The van der Waals surface area contributed by atoms with Gasteiger partial charge in [0.15, 0.2) is 5.78 Å². The van der Waals surface area contributed by atoms with Crippen LogP contribution in [0.3, 0.4) is 0 Å². The van der Waals surface area contributed by atoms with Gasteiger partial charge in [0.1, 0.15) is 17.5 Å². The summed E-state index contributed by atoms with van der Waals surface area (Å²) in [5, 5.41) is 22.1. The molecule has 194 valence electrons. The lowest BCUT2D eigenvalue weighted by Gasteiger charge is -2.18. The van der Waals surface area contributed by atoms with Gasteiger partial charge in [-0.3, -0.25) is 9.59 Å². The summed E-state index contributed by atoms with van der Waals surface area (Å²) in [5.74, 6) is -2.49. The Balaban J connectivity index is 1.73. The topological polar surface area (TPSA) is 117 Å². The number of aromatic carboxylic acids is 1. The number of carboxylic acid groups (broad SMARTS) is 1. The molecular weight excluding hydrogens is 501 g/mol. The molecule has 0 aliphatic heterocycles. The molecule has 1 heterocycles. The number of halogens is 3. The van der Waals surface area contributed by atoms with E-state index in [0.29, 0.717) is 11.1 Å². The number of hydrogen-bond donors (Lipinski definition) is 3. The maximum atomic E-state index is 13.2. The fourth-order valence-electron chi connectivity index (χ4n) is 4.00. The molecule has 3 aromatic carbocycles. The average Bonchev–Trinajstić information content (AvgIpc) is 2.90. The molecule has 0 fully saturated rings. The molecular formula is C28H21F3N2O5. The predicted molar refractivity (Wildman–Crippen MR) is 133 cm³/mol. The Kier molecular flexibility index (Phi) is 7.16. The van der Waals surface area contributed by atoms with Crippen LogP contribution in [0.2, 0.25) is 0 Å². The molecule has 0 aliphatic rings. The lowest BCUT2D eigenvalue weighted by molar-refractivity contribution is -0.137. The van der Waals surface area contributed by atoms with Crippen LogP contribution in [-0.4, -0.2) is 32.9 Å². The van der Waals surface area contributed by atoms with Gasteiger partial charge in [-0.2, -0.15) is 13.2 Å². The number of amides is 1. The number of aromatic hydroxyl groups is 1. The Bertz CT molecular complexity index is 1550. The number of ketones is 1. The number of pyridine rings is 1. The van der Waals surface area contributed by atoms with E-state index in [0.717, 1.165) is 18.2 Å². The molecule has 3 N–H and O–H groups in total. The molecule has 0 bridgehead atoms. The van der Waals surface area contributed by atoms with E-state index in [9.17, 15) is 37.8 Å². The van der Waals surface area contributed by atoms with Crippen LogP contribution in [0.25, 0.3) is 22.0 Å². The normalized spacial score (nSPS) is 12.2. The minimum atomic E-state index is -4.54. The average molecular weight is 522 g/mol. The smallest absolute Gasteiger partial charge is 0.416 e. The standard InChI is InChI=1S/C28H21F3N2O5/c1-2-24(35)25(15-6-9-19(34)10-7-15)33-26(36)23-14-21(27(37)38)20-13-17(8-11-22(20)32-23)16-4-3-5-18(12-16)28(29,30)31/h3-14,25,34H,2H2,1H3,(H,33,36)(H,37,38)/t25-/m0/s1. The Morgan fingerprint density at radius 2 is 1.63 bits per heavy atom. The molecule has 0 radical (unpaired) electrons. The van der Waals surface area contributed by atoms with Crippen LogP contribution < -0.4 is 5.32 Å². The number of benzene rings is 3. The van der Waals surface area contributed by atoms with Crippen molar-refractivity contribution in [1.29, 1.82) is 0 Å². The number of rotatable bonds is 7. The van der Waals surface area contributed by atoms with Crippen LogP contribution in [0.1, 0.15) is 51.4 Å². The molecule has 4 aromatic rings. The summed E-state index contributed by atoms with van der Waals surface area (Å²) in [6.45, 7) is 1.63. The van der Waals surface area contributed by atoms with Gasteiger partial charge < -0.3 is 15.5 Å². The van der Waals surface area contributed by atoms with Gasteiger partial charge >= 0.3 is 12.1 Å². The largest absolute Gasteiger partial charge is 0.508 e. The number of phenols is 1. The molecule has 1 aromatic heterocycles. The van der Waals surface area contributed by atoms with E-state index in [1.807, 2.05) is 0 Å². The summed E-state index contributed by atoms with van der Waals surface area (Å²) >= 11 is 0. The number of alkyl halides is 3. The van der Waals surface area contributed by atoms with Gasteiger partial charge in [0.25, 0.3) is 5.91 Å². The number of nitrogens with one attached hydrogen (secondary N) is 1. The van der Waals surface area contributed by atoms with Crippen molar-refractivity contribution in [2.75, 3.05) is 0 Å². The molecule has 0 saturated carbocycles. The third-order valence-electron chi connectivity index (χ3n) is 5.97. The van der Waals surface area contributed by atoms with Crippen LogP contribution in [0.15, 0.2) is 72.8 Å². The van der Waals surface area contributed by atoms with Crippen LogP contribution >= 0.6 is 0 Å². The second-order valence-corrected chi connectivity index (χ2v) is 8.49. The number of hydrogen-bond acceptors (Lipinski definition) is 5. The van der Waals surface area contributed by atoms with Crippen LogP contribution in [-0.2, 0) is 11.0 Å². The zero-order chi connectivity index (χ0) is 27.6. The minimum Gasteiger partial charge on any atom is -0.508 e. The molecule has 0 aliphatic carbocycles. The molecule has 38 heavy (non-hydrogen) atoms. The first-order valence-corrected chi connectivity index (χ1v) is 11.5. The monoisotopic (exact) mass is 522 g/mol. The zero-order valence-electron chi connectivity index (χ0n) is 19.9. The molecule has 4 rings (SSSR count). The highest BCUT2D eigenvalue weighted by Crippen LogP contribution is 2.33. The number of aromatic nitrogens is 1. The molecule has 0 saturated heterocycles. The van der Waals surface area contributed by atoms with E-state index in [2.05, 4.69) is 10.3 Å². The Hall–Kier alpha value is -4.73. The number of carbonyl (C=O) groups is 3. The van der Waals surface area contributed by atoms with E-state index >= 15 is 0 Å².